The Morgan fingerprint density at radius 3 is 2.35 bits per heavy atom. The monoisotopic (exact) mass is 664 g/mol. The van der Waals surface area contributed by atoms with Crippen LogP contribution in [0.3, 0.4) is 0 Å². The van der Waals surface area contributed by atoms with Gasteiger partial charge in [0.25, 0.3) is 6.01 Å². The molecule has 0 aliphatic carbocycles. The second-order valence-electron chi connectivity index (χ2n) is 11.8. The lowest BCUT2D eigenvalue weighted by atomic mass is 9.90. The fourth-order valence-electron chi connectivity index (χ4n) is 5.96. The van der Waals surface area contributed by atoms with Gasteiger partial charge in [-0.1, -0.05) is 54.6 Å². The van der Waals surface area contributed by atoms with Gasteiger partial charge >= 0.3 is 6.18 Å². The molecule has 3 aromatic rings. The Balaban J connectivity index is 0.000000190. The van der Waals surface area contributed by atoms with Crippen molar-refractivity contribution in [2.24, 2.45) is 4.99 Å². The number of amides is 2. The zero-order valence-electron chi connectivity index (χ0n) is 26.6. The minimum absolute atomic E-state index is 0.0187. The van der Waals surface area contributed by atoms with E-state index in [2.05, 4.69) is 32.3 Å². The Bertz CT molecular complexity index is 1620. The number of carbonyl (C=O) groups is 2. The summed E-state index contributed by atoms with van der Waals surface area (Å²) >= 11 is 0. The van der Waals surface area contributed by atoms with Crippen LogP contribution >= 0.6 is 0 Å². The average molecular weight is 665 g/mol. The van der Waals surface area contributed by atoms with Crippen molar-refractivity contribution in [1.82, 2.24) is 20.1 Å². The van der Waals surface area contributed by atoms with Crippen LogP contribution in [0.25, 0.3) is 0 Å². The zero-order chi connectivity index (χ0) is 34.1. The van der Waals surface area contributed by atoms with Gasteiger partial charge in [0, 0.05) is 51.0 Å². The first-order valence-corrected chi connectivity index (χ1v) is 15.9. The molecule has 3 aliphatic rings. The molecule has 3 aliphatic heterocycles. The average Bonchev–Trinajstić information content (AvgIpc) is 3.35. The molecule has 2 N–H and O–H groups in total. The van der Waals surface area contributed by atoms with E-state index in [4.69, 9.17) is 4.42 Å². The second kappa shape index (κ2) is 15.8. The zero-order valence-corrected chi connectivity index (χ0v) is 26.6. The number of hydrogen-bond acceptors (Lipinski definition) is 8. The van der Waals surface area contributed by atoms with Crippen LogP contribution in [-0.2, 0) is 22.2 Å². The van der Waals surface area contributed by atoms with E-state index in [9.17, 15) is 27.9 Å². The number of piperidine rings is 1. The second-order valence-corrected chi connectivity index (χ2v) is 11.8. The molecule has 13 heteroatoms. The van der Waals surface area contributed by atoms with Crippen molar-refractivity contribution in [2.75, 3.05) is 44.2 Å². The molecule has 0 bridgehead atoms. The van der Waals surface area contributed by atoms with E-state index in [-0.39, 0.29) is 36.0 Å². The number of allylic oxidation sites excluding steroid dienone is 3. The topological polar surface area (TPSA) is 115 Å². The standard InChI is InChI=1S/C19H22N4O3.C16H17F3N2O/c24-14-21-16-5-3-7-18(20-13-16)22-8-10-23(11-9-22)19(26)12-15-4-1-2-6-17(15)25;1-11-14(16(17,18)19)20-15(22-11)21-9-7-13(8-10-21)12-5-3-2-4-6-12/h1-7,13-14,18,25H,8-12H2,(H,21,24);2-6,13H,7-10H2,1H3. The number of anilines is 1. The van der Waals surface area contributed by atoms with E-state index in [1.807, 2.05) is 41.3 Å². The molecule has 2 amide bonds. The molecule has 2 fully saturated rings. The predicted molar refractivity (Wildman–Crippen MR) is 176 cm³/mol. The van der Waals surface area contributed by atoms with Crippen molar-refractivity contribution < 1.29 is 32.3 Å². The number of alkyl halides is 3. The number of nitrogens with one attached hydrogen (secondary N) is 1. The molecule has 0 saturated carbocycles. The van der Waals surface area contributed by atoms with E-state index in [1.54, 1.807) is 35.4 Å². The molecule has 1 aromatic heterocycles. The molecule has 2 saturated heterocycles. The van der Waals surface area contributed by atoms with Gasteiger partial charge in [-0.05, 0) is 49.5 Å². The number of hydrogen-bond donors (Lipinski definition) is 2. The maximum atomic E-state index is 12.8. The number of aliphatic imine (C=N–C) groups is 1. The first-order valence-electron chi connectivity index (χ1n) is 15.9. The SMILES string of the molecule is Cc1oc(N2CCC(c3ccccc3)CC2)nc1C(F)(F)F.O=CNC1=CC=CC(N2CCN(C(=O)Cc3ccccc3O)CC2)N=C1. The largest absolute Gasteiger partial charge is 0.508 e. The number of phenols is 1. The van der Waals surface area contributed by atoms with Crippen LogP contribution in [0.15, 0.2) is 87.9 Å². The summed E-state index contributed by atoms with van der Waals surface area (Å²) in [6.45, 7) is 5.28. The molecular formula is C35H39F3N6O4. The van der Waals surface area contributed by atoms with Crippen LogP contribution in [-0.4, -0.2) is 83.9 Å². The number of benzene rings is 2. The van der Waals surface area contributed by atoms with Crippen LogP contribution < -0.4 is 10.2 Å². The maximum Gasteiger partial charge on any atom is 0.436 e. The number of rotatable bonds is 7. The van der Waals surface area contributed by atoms with Crippen LogP contribution in [0.4, 0.5) is 19.2 Å². The lowest BCUT2D eigenvalue weighted by Gasteiger charge is -2.36. The number of para-hydroxylation sites is 1. The molecule has 1 unspecified atom stereocenters. The normalized spacial score (nSPS) is 18.8. The summed E-state index contributed by atoms with van der Waals surface area (Å²) in [7, 11) is 0. The van der Waals surface area contributed by atoms with E-state index >= 15 is 0 Å². The Morgan fingerprint density at radius 2 is 1.71 bits per heavy atom. The molecular weight excluding hydrogens is 625 g/mol. The number of aryl methyl sites for hydroxylation is 1. The minimum Gasteiger partial charge on any atom is -0.508 e. The first kappa shape index (κ1) is 34.4. The highest BCUT2D eigenvalue weighted by atomic mass is 19.4. The van der Waals surface area contributed by atoms with Gasteiger partial charge in [0.1, 0.15) is 17.7 Å². The van der Waals surface area contributed by atoms with Crippen LogP contribution in [0, 0.1) is 6.92 Å². The molecule has 254 valence electrons. The highest BCUT2D eigenvalue weighted by Crippen LogP contribution is 2.35. The van der Waals surface area contributed by atoms with Crippen LogP contribution in [0.1, 0.15) is 41.3 Å². The van der Waals surface area contributed by atoms with E-state index in [0.29, 0.717) is 49.8 Å². The summed E-state index contributed by atoms with van der Waals surface area (Å²) in [4.78, 5) is 36.9. The molecule has 48 heavy (non-hydrogen) atoms. The van der Waals surface area contributed by atoms with E-state index in [0.717, 1.165) is 25.9 Å². The molecule has 4 heterocycles. The summed E-state index contributed by atoms with van der Waals surface area (Å²) in [6.07, 6.45) is 5.31. The Kier molecular flexibility index (Phi) is 11.3. The third-order valence-corrected chi connectivity index (χ3v) is 8.62. The van der Waals surface area contributed by atoms with E-state index in [1.165, 1.54) is 12.5 Å². The minimum atomic E-state index is -4.46. The number of nitrogens with zero attached hydrogens (tertiary/aromatic N) is 5. The number of phenolic OH excluding ortho intramolecular Hbond substituents is 1. The highest BCUT2D eigenvalue weighted by Gasteiger charge is 2.38. The van der Waals surface area contributed by atoms with Crippen molar-refractivity contribution in [3.63, 3.8) is 0 Å². The molecule has 6 rings (SSSR count). The third-order valence-electron chi connectivity index (χ3n) is 8.62. The van der Waals surface area contributed by atoms with Gasteiger partial charge in [-0.3, -0.25) is 19.5 Å². The third kappa shape index (κ3) is 8.91. The number of halogens is 3. The smallest absolute Gasteiger partial charge is 0.436 e. The molecule has 2 aromatic carbocycles. The Hall–Kier alpha value is -4.91. The fraction of sp³-hybridized carbons (Fsp3) is 0.371. The van der Waals surface area contributed by atoms with Gasteiger partial charge in [0.15, 0.2) is 5.69 Å². The summed E-state index contributed by atoms with van der Waals surface area (Å²) < 4.78 is 43.5. The van der Waals surface area contributed by atoms with Crippen molar-refractivity contribution in [2.45, 2.75) is 44.4 Å². The summed E-state index contributed by atoms with van der Waals surface area (Å²) in [6, 6.07) is 17.2. The number of oxazole rings is 1. The highest BCUT2D eigenvalue weighted by molar-refractivity contribution is 5.82. The lowest BCUT2D eigenvalue weighted by Crippen LogP contribution is -2.51. The van der Waals surface area contributed by atoms with E-state index < -0.39 is 11.9 Å². The predicted octanol–water partition coefficient (Wildman–Crippen LogP) is 5.06. The number of aromatic hydroxyl groups is 1. The first-order chi connectivity index (χ1) is 23.1. The fourth-order valence-corrected chi connectivity index (χ4v) is 5.96. The van der Waals surface area contributed by atoms with Gasteiger partial charge in [-0.25, -0.2) is 0 Å². The van der Waals surface area contributed by atoms with Gasteiger partial charge in [0.05, 0.1) is 12.1 Å². The van der Waals surface area contributed by atoms with Crippen molar-refractivity contribution in [3.05, 3.63) is 101 Å². The number of piperazine rings is 1. The summed E-state index contributed by atoms with van der Waals surface area (Å²) in [5, 5.41) is 12.4. The van der Waals surface area contributed by atoms with Gasteiger partial charge in [-0.15, -0.1) is 0 Å². The quantitative estimate of drug-likeness (QED) is 0.340. The van der Waals surface area contributed by atoms with Crippen molar-refractivity contribution in [1.29, 1.82) is 0 Å². The van der Waals surface area contributed by atoms with Gasteiger partial charge in [0.2, 0.25) is 12.3 Å². The molecule has 10 nitrogen and oxygen atoms in total. The van der Waals surface area contributed by atoms with Crippen LogP contribution in [0.2, 0.25) is 0 Å². The molecule has 0 radical (unpaired) electrons. The number of carbonyl (C=O) groups excluding carboxylic acids is 2. The van der Waals surface area contributed by atoms with Crippen molar-refractivity contribution >= 4 is 24.5 Å². The van der Waals surface area contributed by atoms with Crippen molar-refractivity contribution in [3.8, 4) is 5.75 Å². The maximum absolute atomic E-state index is 12.8. The summed E-state index contributed by atoms with van der Waals surface area (Å²) in [5.74, 6) is 0.443. The lowest BCUT2D eigenvalue weighted by molar-refractivity contribution is -0.141. The summed E-state index contributed by atoms with van der Waals surface area (Å²) in [5.41, 5.74) is 1.65. The number of aromatic nitrogens is 1. The van der Waals surface area contributed by atoms with Gasteiger partial charge < -0.3 is 24.6 Å². The molecule has 0 spiro atoms. The molecule has 1 atom stereocenters. The Labute approximate surface area is 277 Å². The Morgan fingerprint density at radius 1 is 1.02 bits per heavy atom. The van der Waals surface area contributed by atoms with Crippen LogP contribution in [0.5, 0.6) is 5.75 Å². The van der Waals surface area contributed by atoms with Gasteiger partial charge in [-0.2, -0.15) is 18.2 Å².